The van der Waals surface area contributed by atoms with Crippen molar-refractivity contribution in [3.63, 3.8) is 0 Å². The fourth-order valence-corrected chi connectivity index (χ4v) is 2.86. The van der Waals surface area contributed by atoms with E-state index in [2.05, 4.69) is 15.6 Å². The molecule has 0 bridgehead atoms. The fourth-order valence-electron chi connectivity index (χ4n) is 2.21. The first-order valence-electron chi connectivity index (χ1n) is 6.90. The number of benzene rings is 2. The number of hydrogen-bond donors (Lipinski definition) is 3. The van der Waals surface area contributed by atoms with Gasteiger partial charge in [0, 0.05) is 23.1 Å². The van der Waals surface area contributed by atoms with Gasteiger partial charge >= 0.3 is 16.3 Å². The van der Waals surface area contributed by atoms with Gasteiger partial charge in [0.15, 0.2) is 0 Å². The zero-order valence-electron chi connectivity index (χ0n) is 12.4. The number of anilines is 2. The summed E-state index contributed by atoms with van der Waals surface area (Å²) in [6.45, 7) is 0. The number of aromatic amines is 1. The van der Waals surface area contributed by atoms with Gasteiger partial charge in [-0.15, -0.1) is 0 Å². The number of carbonyl (C=O) groups is 1. The number of carbonyl (C=O) groups excluding carboxylic acids is 1. The van der Waals surface area contributed by atoms with Crippen molar-refractivity contribution in [3.05, 3.63) is 54.7 Å². The number of halogens is 5. The molecule has 0 atom stereocenters. The van der Waals surface area contributed by atoms with Crippen LogP contribution in [0.15, 0.2) is 59.6 Å². The molecule has 0 saturated carbocycles. The Morgan fingerprint density at radius 3 is 2.08 bits per heavy atom. The number of H-pyrrole nitrogens is 1. The Hall–Kier alpha value is -2.75. The van der Waals surface area contributed by atoms with Gasteiger partial charge in [-0.1, -0.05) is 25.5 Å². The van der Waals surface area contributed by atoms with Crippen LogP contribution < -0.4 is 10.6 Å². The van der Waals surface area contributed by atoms with Crippen LogP contribution in [0.3, 0.4) is 0 Å². The van der Waals surface area contributed by atoms with Crippen LogP contribution >= 0.6 is 10.2 Å². The molecule has 0 aliphatic heterocycles. The number of hydrogen-bond acceptors (Lipinski definition) is 1. The van der Waals surface area contributed by atoms with Crippen molar-refractivity contribution in [1.82, 2.24) is 4.98 Å². The van der Waals surface area contributed by atoms with Gasteiger partial charge in [0.2, 0.25) is 0 Å². The van der Waals surface area contributed by atoms with E-state index in [0.717, 1.165) is 23.0 Å². The summed E-state index contributed by atoms with van der Waals surface area (Å²) in [5.74, 6) is 0. The van der Waals surface area contributed by atoms with Gasteiger partial charge in [-0.3, -0.25) is 0 Å². The van der Waals surface area contributed by atoms with Gasteiger partial charge < -0.3 is 15.6 Å². The zero-order chi connectivity index (χ0) is 18.4. The van der Waals surface area contributed by atoms with E-state index in [1.807, 2.05) is 6.07 Å². The highest BCUT2D eigenvalue weighted by Gasteiger charge is 2.65. The Morgan fingerprint density at radius 2 is 1.44 bits per heavy atom. The van der Waals surface area contributed by atoms with Crippen LogP contribution in [0.2, 0.25) is 0 Å². The molecule has 25 heavy (non-hydrogen) atoms. The molecule has 3 aromatic rings. The predicted octanol–water partition coefficient (Wildman–Crippen LogP) is 6.47. The van der Waals surface area contributed by atoms with Crippen molar-refractivity contribution >= 4 is 38.5 Å². The van der Waals surface area contributed by atoms with Crippen molar-refractivity contribution in [1.29, 1.82) is 0 Å². The monoisotopic (exact) mass is 377 g/mol. The second-order valence-corrected chi connectivity index (χ2v) is 7.76. The van der Waals surface area contributed by atoms with Crippen molar-refractivity contribution < 1.29 is 24.2 Å². The van der Waals surface area contributed by atoms with E-state index in [-0.39, 0.29) is 17.8 Å². The molecule has 0 unspecified atom stereocenters. The number of nitrogens with one attached hydrogen (secondary N) is 3. The molecule has 0 spiro atoms. The quantitative estimate of drug-likeness (QED) is 0.450. The molecule has 0 fully saturated rings. The molecule has 4 nitrogen and oxygen atoms in total. The number of fused-ring (bicyclic) bond motifs is 1. The van der Waals surface area contributed by atoms with Crippen molar-refractivity contribution in [2.75, 3.05) is 10.6 Å². The summed E-state index contributed by atoms with van der Waals surface area (Å²) in [5, 5.41) is 5.72. The van der Waals surface area contributed by atoms with Crippen LogP contribution in [-0.4, -0.2) is 11.0 Å². The Balaban J connectivity index is 1.71. The molecule has 134 valence electrons. The molecule has 0 radical (unpaired) electrons. The van der Waals surface area contributed by atoms with Gasteiger partial charge in [0.1, 0.15) is 4.90 Å². The van der Waals surface area contributed by atoms with Gasteiger partial charge in [-0.2, -0.15) is 0 Å². The Labute approximate surface area is 138 Å². The van der Waals surface area contributed by atoms with E-state index < -0.39 is 21.2 Å². The average molecular weight is 377 g/mol. The standard InChI is InChI=1S/C15H12F5N3OS/c16-25(17,18,19,20)13-5-3-11(4-6-13)22-15(24)23-12-2-1-10-7-8-21-14(10)9-12/h1-9,21H,(H2,22,23,24). The van der Waals surface area contributed by atoms with E-state index >= 15 is 0 Å². The van der Waals surface area contributed by atoms with Crippen LogP contribution in [0.5, 0.6) is 0 Å². The van der Waals surface area contributed by atoms with Crippen LogP contribution in [0.4, 0.5) is 35.6 Å². The van der Waals surface area contributed by atoms with E-state index in [9.17, 15) is 24.2 Å². The van der Waals surface area contributed by atoms with Crippen LogP contribution in [0, 0.1) is 0 Å². The lowest BCUT2D eigenvalue weighted by molar-refractivity contribution is 0.262. The number of rotatable bonds is 3. The van der Waals surface area contributed by atoms with Crippen molar-refractivity contribution in [3.8, 4) is 0 Å². The first-order chi connectivity index (χ1) is 11.4. The van der Waals surface area contributed by atoms with Crippen LogP contribution in [0.1, 0.15) is 0 Å². The summed E-state index contributed by atoms with van der Waals surface area (Å²) in [6.07, 6.45) is 1.73. The van der Waals surface area contributed by atoms with Gasteiger partial charge in [-0.25, -0.2) is 4.79 Å². The third kappa shape index (κ3) is 4.02. The van der Waals surface area contributed by atoms with Crippen LogP contribution in [-0.2, 0) is 0 Å². The van der Waals surface area contributed by atoms with E-state index in [1.54, 1.807) is 24.4 Å². The van der Waals surface area contributed by atoms with Crippen molar-refractivity contribution in [2.24, 2.45) is 0 Å². The lowest BCUT2D eigenvalue weighted by Gasteiger charge is -2.40. The molecule has 3 rings (SSSR count). The minimum Gasteiger partial charge on any atom is -0.361 e. The summed E-state index contributed by atoms with van der Waals surface area (Å²) in [7, 11) is -9.71. The largest absolute Gasteiger partial charge is 0.361 e. The van der Waals surface area contributed by atoms with Gasteiger partial charge in [0.05, 0.1) is 0 Å². The number of urea groups is 1. The van der Waals surface area contributed by atoms with E-state index in [1.165, 1.54) is 0 Å². The molecule has 0 saturated heterocycles. The lowest BCUT2D eigenvalue weighted by Crippen LogP contribution is -2.19. The second kappa shape index (κ2) is 4.88. The smallest absolute Gasteiger partial charge is 0.323 e. The Morgan fingerprint density at radius 1 is 0.840 bits per heavy atom. The minimum absolute atomic E-state index is 0.0518. The Bertz CT molecular complexity index is 951. The molecule has 3 N–H and O–H groups in total. The maximum Gasteiger partial charge on any atom is 0.323 e. The van der Waals surface area contributed by atoms with Crippen molar-refractivity contribution in [2.45, 2.75) is 4.90 Å². The molecule has 0 aliphatic rings. The average Bonchev–Trinajstić information content (AvgIpc) is 2.92. The second-order valence-electron chi connectivity index (χ2n) is 5.35. The van der Waals surface area contributed by atoms with Gasteiger partial charge in [0.25, 0.3) is 0 Å². The summed E-state index contributed by atoms with van der Waals surface area (Å²) in [4.78, 5) is 12.8. The summed E-state index contributed by atoms with van der Waals surface area (Å²) < 4.78 is 63.1. The highest BCUT2D eigenvalue weighted by molar-refractivity contribution is 8.45. The normalized spacial score (nSPS) is 14.6. The van der Waals surface area contributed by atoms with Crippen LogP contribution in [0.25, 0.3) is 10.9 Å². The molecular formula is C15H12F5N3OS. The molecule has 2 aromatic carbocycles. The van der Waals surface area contributed by atoms with E-state index in [4.69, 9.17) is 0 Å². The third-order valence-electron chi connectivity index (χ3n) is 3.37. The molecule has 1 heterocycles. The summed E-state index contributed by atoms with van der Waals surface area (Å²) >= 11 is 0. The number of aromatic nitrogens is 1. The maximum absolute atomic E-state index is 12.6. The first kappa shape index (κ1) is 17.1. The molecule has 1 aromatic heterocycles. The molecular weight excluding hydrogens is 365 g/mol. The third-order valence-corrected chi connectivity index (χ3v) is 4.53. The molecule has 2 amide bonds. The SMILES string of the molecule is O=C(Nc1ccc(S(F)(F)(F)(F)F)cc1)Nc1ccc2cc[nH]c2c1. The predicted molar refractivity (Wildman–Crippen MR) is 88.8 cm³/mol. The fraction of sp³-hybridized carbons (Fsp3) is 0. The topological polar surface area (TPSA) is 56.9 Å². The highest BCUT2D eigenvalue weighted by Crippen LogP contribution is 3.02. The number of amides is 2. The maximum atomic E-state index is 12.6. The van der Waals surface area contributed by atoms with Gasteiger partial charge in [-0.05, 0) is 47.9 Å². The summed E-state index contributed by atoms with van der Waals surface area (Å²) in [5.41, 5.74) is 1.19. The lowest BCUT2D eigenvalue weighted by atomic mass is 10.2. The summed E-state index contributed by atoms with van der Waals surface area (Å²) in [6, 6.07) is 8.22. The van der Waals surface area contributed by atoms with E-state index in [0.29, 0.717) is 5.69 Å². The highest BCUT2D eigenvalue weighted by atomic mass is 32.5. The zero-order valence-corrected chi connectivity index (χ0v) is 13.2. The first-order valence-corrected chi connectivity index (χ1v) is 8.85. The molecule has 0 aliphatic carbocycles. The molecule has 10 heteroatoms. The Kier molecular flexibility index (Phi) is 3.34. The minimum atomic E-state index is -9.71.